The molecule has 21 heavy (non-hydrogen) atoms. The predicted octanol–water partition coefficient (Wildman–Crippen LogP) is 3.30. The van der Waals surface area contributed by atoms with Crippen LogP contribution in [0.5, 0.6) is 5.75 Å². The van der Waals surface area contributed by atoms with E-state index in [0.717, 1.165) is 25.4 Å². The Kier molecular flexibility index (Phi) is 7.04. The maximum absolute atomic E-state index is 5.54. The van der Waals surface area contributed by atoms with Crippen LogP contribution in [0, 0.1) is 5.92 Å². The van der Waals surface area contributed by atoms with Crippen molar-refractivity contribution in [2.75, 3.05) is 32.8 Å². The number of nitrogens with zero attached hydrogens (tertiary/aromatic N) is 1. The molecular weight excluding hydrogens is 260 g/mol. The molecular formula is C18H30N2O. The van der Waals surface area contributed by atoms with Gasteiger partial charge in [0.15, 0.2) is 0 Å². The van der Waals surface area contributed by atoms with Crippen molar-refractivity contribution in [3.8, 4) is 5.75 Å². The van der Waals surface area contributed by atoms with Crippen molar-refractivity contribution in [3.63, 3.8) is 0 Å². The summed E-state index contributed by atoms with van der Waals surface area (Å²) in [6.07, 6.45) is 4.17. The van der Waals surface area contributed by atoms with Crippen molar-refractivity contribution in [1.29, 1.82) is 0 Å². The highest BCUT2D eigenvalue weighted by Crippen LogP contribution is 2.13. The largest absolute Gasteiger partial charge is 0.494 e. The van der Waals surface area contributed by atoms with Crippen molar-refractivity contribution in [1.82, 2.24) is 10.2 Å². The third-order valence-corrected chi connectivity index (χ3v) is 4.05. The Labute approximate surface area is 129 Å². The fraction of sp³-hybridized carbons (Fsp3) is 0.667. The fourth-order valence-corrected chi connectivity index (χ4v) is 3.02. The van der Waals surface area contributed by atoms with Gasteiger partial charge < -0.3 is 15.0 Å². The molecule has 1 unspecified atom stereocenters. The van der Waals surface area contributed by atoms with E-state index in [-0.39, 0.29) is 0 Å². The van der Waals surface area contributed by atoms with Crippen LogP contribution >= 0.6 is 0 Å². The minimum atomic E-state index is 0.707. The Hall–Kier alpha value is -1.06. The Morgan fingerprint density at radius 1 is 1.24 bits per heavy atom. The van der Waals surface area contributed by atoms with Crippen LogP contribution in [0.25, 0.3) is 0 Å². The van der Waals surface area contributed by atoms with E-state index in [4.69, 9.17) is 4.74 Å². The van der Waals surface area contributed by atoms with Crippen LogP contribution < -0.4 is 10.1 Å². The SMILES string of the molecule is CCOc1cccc(CNCC(C)CN2CCCCC2)c1. The van der Waals surface area contributed by atoms with Crippen molar-refractivity contribution >= 4 is 0 Å². The summed E-state index contributed by atoms with van der Waals surface area (Å²) < 4.78 is 5.54. The number of nitrogens with one attached hydrogen (secondary N) is 1. The van der Waals surface area contributed by atoms with Crippen molar-refractivity contribution in [2.24, 2.45) is 5.92 Å². The normalized spacial score (nSPS) is 17.6. The van der Waals surface area contributed by atoms with Gasteiger partial charge in [-0.05, 0) is 63.0 Å². The minimum Gasteiger partial charge on any atom is -0.494 e. The molecule has 1 aromatic rings. The van der Waals surface area contributed by atoms with E-state index >= 15 is 0 Å². The molecule has 1 aliphatic rings. The quantitative estimate of drug-likeness (QED) is 0.795. The number of benzene rings is 1. The van der Waals surface area contributed by atoms with Gasteiger partial charge >= 0.3 is 0 Å². The topological polar surface area (TPSA) is 24.5 Å². The first-order valence-electron chi connectivity index (χ1n) is 8.42. The van der Waals surface area contributed by atoms with Crippen LogP contribution in [0.15, 0.2) is 24.3 Å². The second-order valence-electron chi connectivity index (χ2n) is 6.18. The van der Waals surface area contributed by atoms with Crippen LogP contribution in [-0.4, -0.2) is 37.7 Å². The summed E-state index contributed by atoms with van der Waals surface area (Å²) in [5, 5.41) is 3.58. The van der Waals surface area contributed by atoms with E-state index in [1.54, 1.807) is 0 Å². The molecule has 1 fully saturated rings. The molecule has 118 valence electrons. The van der Waals surface area contributed by atoms with Crippen molar-refractivity contribution in [2.45, 2.75) is 39.7 Å². The molecule has 1 aromatic carbocycles. The Morgan fingerprint density at radius 2 is 2.05 bits per heavy atom. The summed E-state index contributed by atoms with van der Waals surface area (Å²) in [4.78, 5) is 2.62. The summed E-state index contributed by atoms with van der Waals surface area (Å²) in [6.45, 7) is 10.9. The number of rotatable bonds is 8. The minimum absolute atomic E-state index is 0.707. The molecule has 1 aliphatic heterocycles. The molecule has 0 radical (unpaired) electrons. The van der Waals surface area contributed by atoms with Gasteiger partial charge in [0, 0.05) is 13.1 Å². The monoisotopic (exact) mass is 290 g/mol. The molecule has 0 aromatic heterocycles. The van der Waals surface area contributed by atoms with Gasteiger partial charge in [-0.3, -0.25) is 0 Å². The summed E-state index contributed by atoms with van der Waals surface area (Å²) >= 11 is 0. The molecule has 3 heteroatoms. The smallest absolute Gasteiger partial charge is 0.119 e. The van der Waals surface area contributed by atoms with Crippen LogP contribution in [-0.2, 0) is 6.54 Å². The molecule has 0 bridgehead atoms. The number of piperidine rings is 1. The van der Waals surface area contributed by atoms with Gasteiger partial charge in [0.2, 0.25) is 0 Å². The average molecular weight is 290 g/mol. The molecule has 0 amide bonds. The first kappa shape index (κ1) is 16.3. The number of hydrogen-bond donors (Lipinski definition) is 1. The van der Waals surface area contributed by atoms with Crippen LogP contribution in [0.4, 0.5) is 0 Å². The van der Waals surface area contributed by atoms with Gasteiger partial charge in [-0.25, -0.2) is 0 Å². The Bertz CT molecular complexity index is 402. The van der Waals surface area contributed by atoms with Gasteiger partial charge in [0.05, 0.1) is 6.61 Å². The summed E-state index contributed by atoms with van der Waals surface area (Å²) in [7, 11) is 0. The predicted molar refractivity (Wildman–Crippen MR) is 88.8 cm³/mol. The third-order valence-electron chi connectivity index (χ3n) is 4.05. The second kappa shape index (κ2) is 9.06. The lowest BCUT2D eigenvalue weighted by Crippen LogP contribution is -2.36. The molecule has 1 atom stereocenters. The van der Waals surface area contributed by atoms with E-state index in [1.165, 1.54) is 44.5 Å². The maximum Gasteiger partial charge on any atom is 0.119 e. The summed E-state index contributed by atoms with van der Waals surface area (Å²) in [5.41, 5.74) is 1.30. The van der Waals surface area contributed by atoms with Crippen LogP contribution in [0.2, 0.25) is 0 Å². The molecule has 3 nitrogen and oxygen atoms in total. The second-order valence-corrected chi connectivity index (χ2v) is 6.18. The van der Waals surface area contributed by atoms with Gasteiger partial charge in [0.1, 0.15) is 5.75 Å². The van der Waals surface area contributed by atoms with E-state index in [2.05, 4.69) is 35.3 Å². The zero-order valence-electron chi connectivity index (χ0n) is 13.6. The highest BCUT2D eigenvalue weighted by atomic mass is 16.5. The van der Waals surface area contributed by atoms with E-state index < -0.39 is 0 Å². The molecule has 0 saturated carbocycles. The van der Waals surface area contributed by atoms with Crippen LogP contribution in [0.1, 0.15) is 38.7 Å². The zero-order chi connectivity index (χ0) is 14.9. The van der Waals surface area contributed by atoms with Crippen molar-refractivity contribution in [3.05, 3.63) is 29.8 Å². The van der Waals surface area contributed by atoms with Gasteiger partial charge in [0.25, 0.3) is 0 Å². The number of hydrogen-bond acceptors (Lipinski definition) is 3. The highest BCUT2D eigenvalue weighted by Gasteiger charge is 2.13. The van der Waals surface area contributed by atoms with Gasteiger partial charge in [-0.2, -0.15) is 0 Å². The lowest BCUT2D eigenvalue weighted by Gasteiger charge is -2.29. The average Bonchev–Trinajstić information content (AvgIpc) is 2.49. The number of ether oxygens (including phenoxy) is 1. The van der Waals surface area contributed by atoms with E-state index in [9.17, 15) is 0 Å². The van der Waals surface area contributed by atoms with Crippen LogP contribution in [0.3, 0.4) is 0 Å². The van der Waals surface area contributed by atoms with Crippen molar-refractivity contribution < 1.29 is 4.74 Å². The highest BCUT2D eigenvalue weighted by molar-refractivity contribution is 5.28. The molecule has 0 aliphatic carbocycles. The maximum atomic E-state index is 5.54. The third kappa shape index (κ3) is 6.06. The zero-order valence-corrected chi connectivity index (χ0v) is 13.6. The van der Waals surface area contributed by atoms with E-state index in [1.807, 2.05) is 13.0 Å². The van der Waals surface area contributed by atoms with Gasteiger partial charge in [-0.1, -0.05) is 25.5 Å². The number of likely N-dealkylation sites (tertiary alicyclic amines) is 1. The Morgan fingerprint density at radius 3 is 2.81 bits per heavy atom. The first-order chi connectivity index (χ1) is 10.3. The Balaban J connectivity index is 1.67. The summed E-state index contributed by atoms with van der Waals surface area (Å²) in [5.74, 6) is 1.68. The molecule has 1 heterocycles. The fourth-order valence-electron chi connectivity index (χ4n) is 3.02. The molecule has 1 N–H and O–H groups in total. The van der Waals surface area contributed by atoms with E-state index in [0.29, 0.717) is 5.92 Å². The standard InChI is InChI=1S/C18H30N2O/c1-3-21-18-9-7-8-17(12-18)14-19-13-16(2)15-20-10-5-4-6-11-20/h7-9,12,16,19H,3-6,10-11,13-15H2,1-2H3. The molecule has 0 spiro atoms. The first-order valence-corrected chi connectivity index (χ1v) is 8.42. The lowest BCUT2D eigenvalue weighted by atomic mass is 10.1. The van der Waals surface area contributed by atoms with Gasteiger partial charge in [-0.15, -0.1) is 0 Å². The lowest BCUT2D eigenvalue weighted by molar-refractivity contribution is 0.199. The summed E-state index contributed by atoms with van der Waals surface area (Å²) in [6, 6.07) is 8.38. The molecule has 1 saturated heterocycles. The molecule has 2 rings (SSSR count).